The van der Waals surface area contributed by atoms with Crippen LogP contribution in [0.25, 0.3) is 0 Å². The van der Waals surface area contributed by atoms with Gasteiger partial charge in [0, 0.05) is 25.7 Å². The predicted octanol–water partition coefficient (Wildman–Crippen LogP) is 0.282. The van der Waals surface area contributed by atoms with Crippen molar-refractivity contribution < 1.29 is 15.3 Å². The third-order valence-corrected chi connectivity index (χ3v) is 2.38. The molecule has 0 fully saturated rings. The quantitative estimate of drug-likeness (QED) is 0.537. The van der Waals surface area contributed by atoms with Crippen LogP contribution in [0.3, 0.4) is 0 Å². The van der Waals surface area contributed by atoms with Crippen molar-refractivity contribution in [2.24, 2.45) is 0 Å². The fourth-order valence-electron chi connectivity index (χ4n) is 1.47. The maximum Gasteiger partial charge on any atom is 0.119 e. The van der Waals surface area contributed by atoms with E-state index in [0.717, 1.165) is 13.1 Å². The minimum Gasteiger partial charge on any atom is -0.508 e. The molecule has 0 saturated heterocycles. The number of aliphatic hydroxyl groups is 1. The first-order valence-electron chi connectivity index (χ1n) is 5.55. The number of benzene rings is 1. The third kappa shape index (κ3) is 5.04. The zero-order valence-corrected chi connectivity index (χ0v) is 10.2. The van der Waals surface area contributed by atoms with Crippen molar-refractivity contribution in [3.8, 4) is 11.5 Å². The topological polar surface area (TPSA) is 76.0 Å². The largest absolute Gasteiger partial charge is 0.508 e. The summed E-state index contributed by atoms with van der Waals surface area (Å²) in [4.78, 5) is 2.04. The molecule has 1 unspecified atom stereocenters. The van der Waals surface area contributed by atoms with Crippen LogP contribution in [-0.4, -0.2) is 53.9 Å². The Morgan fingerprint density at radius 3 is 2.29 bits per heavy atom. The lowest BCUT2D eigenvalue weighted by Gasteiger charge is -2.14. The van der Waals surface area contributed by atoms with Gasteiger partial charge in [-0.1, -0.05) is 0 Å². The molecular formula is C12H20N2O3. The zero-order valence-electron chi connectivity index (χ0n) is 10.2. The second-order valence-corrected chi connectivity index (χ2v) is 4.31. The van der Waals surface area contributed by atoms with E-state index >= 15 is 0 Å². The molecule has 0 aliphatic rings. The van der Waals surface area contributed by atoms with Gasteiger partial charge in [-0.25, -0.2) is 0 Å². The zero-order chi connectivity index (χ0) is 12.8. The average molecular weight is 240 g/mol. The van der Waals surface area contributed by atoms with Gasteiger partial charge in [-0.05, 0) is 31.8 Å². The van der Waals surface area contributed by atoms with E-state index in [2.05, 4.69) is 5.32 Å². The molecule has 0 heterocycles. The van der Waals surface area contributed by atoms with Crippen LogP contribution in [0.2, 0.25) is 0 Å². The van der Waals surface area contributed by atoms with E-state index in [-0.39, 0.29) is 11.5 Å². The van der Waals surface area contributed by atoms with Crippen molar-refractivity contribution >= 4 is 0 Å². The molecule has 5 nitrogen and oxygen atoms in total. The molecule has 0 saturated carbocycles. The fourth-order valence-corrected chi connectivity index (χ4v) is 1.47. The summed E-state index contributed by atoms with van der Waals surface area (Å²) >= 11 is 0. The van der Waals surface area contributed by atoms with Crippen molar-refractivity contribution in [2.75, 3.05) is 33.7 Å². The monoisotopic (exact) mass is 240 g/mol. The molecular weight excluding hydrogens is 220 g/mol. The second kappa shape index (κ2) is 6.44. The Labute approximate surface area is 101 Å². The van der Waals surface area contributed by atoms with E-state index in [0.29, 0.717) is 12.1 Å². The van der Waals surface area contributed by atoms with Crippen LogP contribution >= 0.6 is 0 Å². The molecule has 0 aromatic heterocycles. The molecule has 0 spiro atoms. The van der Waals surface area contributed by atoms with Gasteiger partial charge in [0.25, 0.3) is 0 Å². The molecule has 0 radical (unpaired) electrons. The van der Waals surface area contributed by atoms with Crippen molar-refractivity contribution in [2.45, 2.75) is 6.10 Å². The highest BCUT2D eigenvalue weighted by atomic mass is 16.3. The van der Waals surface area contributed by atoms with Crippen LogP contribution in [0.1, 0.15) is 11.7 Å². The molecule has 96 valence electrons. The number of phenolic OH excluding ortho intramolecular Hbond substituents is 2. The molecule has 0 aliphatic heterocycles. The summed E-state index contributed by atoms with van der Waals surface area (Å²) in [6.07, 6.45) is -0.741. The van der Waals surface area contributed by atoms with Crippen LogP contribution in [0, 0.1) is 0 Å². The van der Waals surface area contributed by atoms with Crippen LogP contribution in [0.15, 0.2) is 18.2 Å². The molecule has 1 atom stereocenters. The molecule has 0 aliphatic carbocycles. The highest BCUT2D eigenvalue weighted by molar-refractivity contribution is 5.37. The summed E-state index contributed by atoms with van der Waals surface area (Å²) in [6, 6.07) is 4.12. The first-order valence-corrected chi connectivity index (χ1v) is 5.55. The number of likely N-dealkylation sites (N-methyl/N-ethyl adjacent to an activating group) is 1. The minimum absolute atomic E-state index is 0.0488. The number of aliphatic hydroxyl groups excluding tert-OH is 1. The van der Waals surface area contributed by atoms with Crippen molar-refractivity contribution in [3.05, 3.63) is 23.8 Å². The molecule has 1 aromatic rings. The molecule has 1 rings (SSSR count). The van der Waals surface area contributed by atoms with Crippen molar-refractivity contribution in [3.63, 3.8) is 0 Å². The van der Waals surface area contributed by atoms with Gasteiger partial charge in [-0.2, -0.15) is 0 Å². The van der Waals surface area contributed by atoms with Crippen LogP contribution in [0.4, 0.5) is 0 Å². The Morgan fingerprint density at radius 1 is 1.18 bits per heavy atom. The average Bonchev–Trinajstić information content (AvgIpc) is 2.22. The lowest BCUT2D eigenvalue weighted by Crippen LogP contribution is -2.29. The Kier molecular flexibility index (Phi) is 5.21. The number of hydrogen-bond acceptors (Lipinski definition) is 5. The summed E-state index contributed by atoms with van der Waals surface area (Å²) in [7, 11) is 3.96. The first kappa shape index (κ1) is 13.8. The lowest BCUT2D eigenvalue weighted by atomic mass is 10.1. The van der Waals surface area contributed by atoms with Gasteiger partial charge in [0.2, 0.25) is 0 Å². The highest BCUT2D eigenvalue weighted by Gasteiger charge is 2.09. The number of rotatable bonds is 6. The Morgan fingerprint density at radius 2 is 1.76 bits per heavy atom. The van der Waals surface area contributed by atoms with Gasteiger partial charge in [0.15, 0.2) is 0 Å². The number of phenols is 2. The van der Waals surface area contributed by atoms with Gasteiger partial charge >= 0.3 is 0 Å². The Balaban J connectivity index is 2.43. The van der Waals surface area contributed by atoms with E-state index in [4.69, 9.17) is 0 Å². The number of nitrogens with zero attached hydrogens (tertiary/aromatic N) is 1. The van der Waals surface area contributed by atoms with E-state index < -0.39 is 6.10 Å². The van der Waals surface area contributed by atoms with Crippen LogP contribution in [-0.2, 0) is 0 Å². The number of hydrogen-bond donors (Lipinski definition) is 4. The third-order valence-electron chi connectivity index (χ3n) is 2.38. The summed E-state index contributed by atoms with van der Waals surface area (Å²) in [5, 5.41) is 31.5. The van der Waals surface area contributed by atoms with Gasteiger partial charge in [-0.15, -0.1) is 0 Å². The normalized spacial score (nSPS) is 12.9. The predicted molar refractivity (Wildman–Crippen MR) is 66.2 cm³/mol. The van der Waals surface area contributed by atoms with Gasteiger partial charge in [0.05, 0.1) is 6.10 Å². The molecule has 4 N–H and O–H groups in total. The van der Waals surface area contributed by atoms with Crippen LogP contribution < -0.4 is 5.32 Å². The summed E-state index contributed by atoms with van der Waals surface area (Å²) in [5.41, 5.74) is 0.500. The molecule has 5 heteroatoms. The van der Waals surface area contributed by atoms with E-state index in [1.807, 2.05) is 19.0 Å². The maximum atomic E-state index is 9.84. The van der Waals surface area contributed by atoms with Gasteiger partial charge in [0.1, 0.15) is 11.5 Å². The second-order valence-electron chi connectivity index (χ2n) is 4.31. The SMILES string of the molecule is CN(C)CCNCC(O)c1cc(O)cc(O)c1. The molecule has 17 heavy (non-hydrogen) atoms. The van der Waals surface area contributed by atoms with Gasteiger partial charge in [-0.3, -0.25) is 0 Å². The van der Waals surface area contributed by atoms with Crippen molar-refractivity contribution in [1.29, 1.82) is 0 Å². The number of aromatic hydroxyl groups is 2. The Bertz CT molecular complexity index is 335. The van der Waals surface area contributed by atoms with Crippen LogP contribution in [0.5, 0.6) is 11.5 Å². The summed E-state index contributed by atoms with van der Waals surface area (Å²) < 4.78 is 0. The van der Waals surface area contributed by atoms with E-state index in [1.165, 1.54) is 18.2 Å². The highest BCUT2D eigenvalue weighted by Crippen LogP contribution is 2.24. The maximum absolute atomic E-state index is 9.84. The van der Waals surface area contributed by atoms with Crippen molar-refractivity contribution in [1.82, 2.24) is 10.2 Å². The lowest BCUT2D eigenvalue weighted by molar-refractivity contribution is 0.173. The number of nitrogens with one attached hydrogen (secondary N) is 1. The van der Waals surface area contributed by atoms with E-state index in [1.54, 1.807) is 0 Å². The first-order chi connectivity index (χ1) is 7.99. The molecule has 0 bridgehead atoms. The Hall–Kier alpha value is -1.30. The molecule has 0 amide bonds. The smallest absolute Gasteiger partial charge is 0.119 e. The molecule has 1 aromatic carbocycles. The fraction of sp³-hybridized carbons (Fsp3) is 0.500. The standard InChI is InChI=1S/C12H20N2O3/c1-14(2)4-3-13-8-12(17)9-5-10(15)7-11(16)6-9/h5-7,12-13,15-17H,3-4,8H2,1-2H3. The summed E-state index contributed by atoms with van der Waals surface area (Å²) in [6.45, 7) is 2.05. The minimum atomic E-state index is -0.741. The van der Waals surface area contributed by atoms with E-state index in [9.17, 15) is 15.3 Å². The van der Waals surface area contributed by atoms with Gasteiger partial charge < -0.3 is 25.5 Å². The summed E-state index contributed by atoms with van der Waals surface area (Å²) in [5.74, 6) is -0.0975.